The number of rotatable bonds is 7. The van der Waals surface area contributed by atoms with E-state index in [2.05, 4.69) is 16.5 Å². The van der Waals surface area contributed by atoms with Crippen molar-refractivity contribution < 1.29 is 18.3 Å². The van der Waals surface area contributed by atoms with E-state index in [1.54, 1.807) is 23.1 Å². The van der Waals surface area contributed by atoms with E-state index in [9.17, 15) is 18.8 Å². The van der Waals surface area contributed by atoms with Gasteiger partial charge in [-0.25, -0.2) is 18.7 Å². The van der Waals surface area contributed by atoms with Gasteiger partial charge in [0.25, 0.3) is 11.8 Å². The predicted octanol–water partition coefficient (Wildman–Crippen LogP) is 4.92. The van der Waals surface area contributed by atoms with E-state index in [0.717, 1.165) is 0 Å². The molecule has 1 amide bonds. The first kappa shape index (κ1) is 26.2. The lowest BCUT2D eigenvalue weighted by Crippen LogP contribution is -2.42. The van der Waals surface area contributed by atoms with Gasteiger partial charge in [0.1, 0.15) is 29.5 Å². The fraction of sp³-hybridized carbons (Fsp3) is 0.172. The van der Waals surface area contributed by atoms with Crippen molar-refractivity contribution in [1.29, 1.82) is 5.26 Å². The topological polar surface area (TPSA) is 105 Å². The number of nitrogens with zero attached hydrogens (tertiary/aromatic N) is 4. The molecule has 1 saturated heterocycles. The molecule has 1 fully saturated rings. The molecule has 7 nitrogen and oxygen atoms in total. The number of allylic oxidation sites excluding steroid dienone is 2. The first-order valence-corrected chi connectivity index (χ1v) is 11.9. The van der Waals surface area contributed by atoms with E-state index < -0.39 is 11.6 Å². The first-order chi connectivity index (χ1) is 18.4. The van der Waals surface area contributed by atoms with Crippen LogP contribution in [0.25, 0.3) is 22.5 Å². The number of carbonyl (C=O) groups excluding carboxylic acids is 1. The SMILES string of the molecule is C=C/C=C(\C=C/N)C(=O)N1CCC(Oc2nc(-c3ccc(F)cc3)c(-c3ccc(F)cc3)nc2C#N)CC1. The first-order valence-electron chi connectivity index (χ1n) is 11.9. The van der Waals surface area contributed by atoms with Crippen LogP contribution in [0, 0.1) is 23.0 Å². The summed E-state index contributed by atoms with van der Waals surface area (Å²) in [4.78, 5) is 23.6. The molecule has 2 N–H and O–H groups in total. The molecule has 1 aliphatic rings. The van der Waals surface area contributed by atoms with Crippen LogP contribution in [0.5, 0.6) is 5.88 Å². The smallest absolute Gasteiger partial charge is 0.253 e. The van der Waals surface area contributed by atoms with Crippen molar-refractivity contribution in [3.63, 3.8) is 0 Å². The van der Waals surface area contributed by atoms with Crippen molar-refractivity contribution in [3.8, 4) is 34.5 Å². The highest BCUT2D eigenvalue weighted by Crippen LogP contribution is 2.33. The Morgan fingerprint density at radius 2 is 1.58 bits per heavy atom. The summed E-state index contributed by atoms with van der Waals surface area (Å²) in [6.45, 7) is 4.50. The molecule has 4 rings (SSSR count). The molecule has 0 unspecified atom stereocenters. The van der Waals surface area contributed by atoms with Crippen LogP contribution in [0.4, 0.5) is 8.78 Å². The molecule has 0 radical (unpaired) electrons. The van der Waals surface area contributed by atoms with Gasteiger partial charge in [0.05, 0.1) is 5.69 Å². The monoisotopic (exact) mass is 513 g/mol. The molecule has 0 saturated carbocycles. The fourth-order valence-electron chi connectivity index (χ4n) is 4.14. The number of nitriles is 1. The predicted molar refractivity (Wildman–Crippen MR) is 139 cm³/mol. The number of hydrogen-bond acceptors (Lipinski definition) is 6. The van der Waals surface area contributed by atoms with Crippen LogP contribution < -0.4 is 10.5 Å². The Hall–Kier alpha value is -4.84. The van der Waals surface area contributed by atoms with Crippen molar-refractivity contribution in [2.45, 2.75) is 18.9 Å². The Labute approximate surface area is 219 Å². The summed E-state index contributed by atoms with van der Waals surface area (Å²) in [5.41, 5.74) is 7.67. The van der Waals surface area contributed by atoms with E-state index in [1.165, 1.54) is 54.8 Å². The van der Waals surface area contributed by atoms with Gasteiger partial charge >= 0.3 is 0 Å². The average molecular weight is 514 g/mol. The number of halogens is 2. The van der Waals surface area contributed by atoms with Crippen molar-refractivity contribution in [2.75, 3.05) is 13.1 Å². The summed E-state index contributed by atoms with van der Waals surface area (Å²) in [5.74, 6) is -0.948. The molecule has 9 heteroatoms. The number of likely N-dealkylation sites (tertiary alicyclic amines) is 1. The second-order valence-electron chi connectivity index (χ2n) is 8.53. The van der Waals surface area contributed by atoms with Gasteiger partial charge in [0, 0.05) is 42.6 Å². The van der Waals surface area contributed by atoms with Crippen LogP contribution in [-0.4, -0.2) is 40.0 Å². The maximum absolute atomic E-state index is 13.6. The highest BCUT2D eigenvalue weighted by Gasteiger charge is 2.27. The van der Waals surface area contributed by atoms with Gasteiger partial charge in [-0.15, -0.1) is 0 Å². The second kappa shape index (κ2) is 11.9. The highest BCUT2D eigenvalue weighted by molar-refractivity contribution is 5.96. The highest BCUT2D eigenvalue weighted by atomic mass is 19.1. The van der Waals surface area contributed by atoms with Crippen LogP contribution in [0.15, 0.2) is 85.1 Å². The Balaban J connectivity index is 1.61. The number of aromatic nitrogens is 2. The third-order valence-corrected chi connectivity index (χ3v) is 6.03. The van der Waals surface area contributed by atoms with Gasteiger partial charge in [-0.2, -0.15) is 5.26 Å². The molecular weight excluding hydrogens is 488 g/mol. The Kier molecular flexibility index (Phi) is 8.23. The lowest BCUT2D eigenvalue weighted by molar-refractivity contribution is -0.128. The van der Waals surface area contributed by atoms with Crippen LogP contribution >= 0.6 is 0 Å². The second-order valence-corrected chi connectivity index (χ2v) is 8.53. The minimum absolute atomic E-state index is 0.0296. The molecule has 38 heavy (non-hydrogen) atoms. The van der Waals surface area contributed by atoms with E-state index in [4.69, 9.17) is 10.5 Å². The third kappa shape index (κ3) is 5.93. The van der Waals surface area contributed by atoms with Crippen LogP contribution in [0.3, 0.4) is 0 Å². The fourth-order valence-corrected chi connectivity index (χ4v) is 4.14. The van der Waals surface area contributed by atoms with Gasteiger partial charge in [-0.3, -0.25) is 4.79 Å². The maximum Gasteiger partial charge on any atom is 0.253 e. The maximum atomic E-state index is 13.6. The molecule has 0 atom stereocenters. The molecule has 0 bridgehead atoms. The van der Waals surface area contributed by atoms with Gasteiger partial charge in [0.2, 0.25) is 5.69 Å². The summed E-state index contributed by atoms with van der Waals surface area (Å²) >= 11 is 0. The van der Waals surface area contributed by atoms with Crippen molar-refractivity contribution in [2.24, 2.45) is 5.73 Å². The van der Waals surface area contributed by atoms with E-state index in [-0.39, 0.29) is 23.6 Å². The van der Waals surface area contributed by atoms with Crippen molar-refractivity contribution in [1.82, 2.24) is 14.9 Å². The van der Waals surface area contributed by atoms with Crippen LogP contribution in [-0.2, 0) is 4.79 Å². The van der Waals surface area contributed by atoms with Gasteiger partial charge in [0.15, 0.2) is 0 Å². The lowest BCUT2D eigenvalue weighted by atomic mass is 10.0. The Bertz CT molecular complexity index is 1420. The van der Waals surface area contributed by atoms with Gasteiger partial charge in [-0.05, 0) is 66.9 Å². The summed E-state index contributed by atoms with van der Waals surface area (Å²) in [7, 11) is 0. The molecule has 192 valence electrons. The number of hydrogen-bond donors (Lipinski definition) is 1. The zero-order chi connectivity index (χ0) is 27.1. The van der Waals surface area contributed by atoms with E-state index in [1.807, 2.05) is 6.07 Å². The van der Waals surface area contributed by atoms with Crippen LogP contribution in [0.2, 0.25) is 0 Å². The standard InChI is InChI=1S/C29H25F2N5O2/c1-2-3-21(12-15-32)29(37)36-16-13-24(14-17-36)38-28-25(18-33)34-26(19-4-8-22(30)9-5-19)27(35-28)20-6-10-23(31)11-7-20/h2-12,15,24H,1,13-14,16-17,32H2/b15-12-,21-3+. The molecular formula is C29H25F2N5O2. The molecule has 1 aliphatic heterocycles. The number of benzene rings is 2. The van der Waals surface area contributed by atoms with Crippen LogP contribution in [0.1, 0.15) is 18.5 Å². The van der Waals surface area contributed by atoms with E-state index in [0.29, 0.717) is 54.0 Å². The average Bonchev–Trinajstić information content (AvgIpc) is 2.94. The normalized spacial score (nSPS) is 14.3. The number of amides is 1. The van der Waals surface area contributed by atoms with Crippen molar-refractivity contribution in [3.05, 3.63) is 102 Å². The molecule has 0 aliphatic carbocycles. The number of ether oxygens (including phenoxy) is 1. The molecule has 1 aromatic heterocycles. The molecule has 2 aromatic carbocycles. The Morgan fingerprint density at radius 1 is 1.03 bits per heavy atom. The zero-order valence-corrected chi connectivity index (χ0v) is 20.5. The largest absolute Gasteiger partial charge is 0.472 e. The minimum Gasteiger partial charge on any atom is -0.472 e. The van der Waals surface area contributed by atoms with Gasteiger partial charge in [-0.1, -0.05) is 12.7 Å². The van der Waals surface area contributed by atoms with E-state index >= 15 is 0 Å². The molecule has 3 aromatic rings. The summed E-state index contributed by atoms with van der Waals surface area (Å²) < 4.78 is 33.3. The van der Waals surface area contributed by atoms with Gasteiger partial charge < -0.3 is 15.4 Å². The number of carbonyl (C=O) groups is 1. The quantitative estimate of drug-likeness (QED) is 0.355. The third-order valence-electron chi connectivity index (χ3n) is 6.03. The molecule has 2 heterocycles. The minimum atomic E-state index is -0.415. The summed E-state index contributed by atoms with van der Waals surface area (Å²) in [6.07, 6.45) is 6.67. The zero-order valence-electron chi connectivity index (χ0n) is 20.5. The number of piperidine rings is 1. The van der Waals surface area contributed by atoms with Crippen molar-refractivity contribution >= 4 is 5.91 Å². The molecule has 0 spiro atoms. The number of nitrogens with two attached hydrogens (primary N) is 1. The Morgan fingerprint density at radius 3 is 2.08 bits per heavy atom. The summed E-state index contributed by atoms with van der Waals surface area (Å²) in [6, 6.07) is 13.4. The lowest BCUT2D eigenvalue weighted by Gasteiger charge is -2.32. The summed E-state index contributed by atoms with van der Waals surface area (Å²) in [5, 5.41) is 9.81.